The zero-order chi connectivity index (χ0) is 15.8. The number of carbonyl (C=O) groups is 1. The highest BCUT2D eigenvalue weighted by atomic mass is 16.2. The first-order valence-electron chi connectivity index (χ1n) is 7.87. The van der Waals surface area contributed by atoms with Gasteiger partial charge in [0.25, 0.3) is 5.91 Å². The van der Waals surface area contributed by atoms with Crippen molar-refractivity contribution in [3.05, 3.63) is 23.8 Å². The van der Waals surface area contributed by atoms with Crippen molar-refractivity contribution in [3.8, 4) is 0 Å². The van der Waals surface area contributed by atoms with Gasteiger partial charge >= 0.3 is 0 Å². The number of unbranched alkanes of at least 4 members (excludes halogenated alkanes) is 2. The molecule has 0 atom stereocenters. The number of benzene rings is 1. The molecule has 0 aromatic heterocycles. The summed E-state index contributed by atoms with van der Waals surface area (Å²) in [6, 6.07) is 5.65. The second-order valence-corrected chi connectivity index (χ2v) is 5.67. The van der Waals surface area contributed by atoms with Crippen LogP contribution in [-0.4, -0.2) is 38.0 Å². The van der Waals surface area contributed by atoms with Gasteiger partial charge in [-0.05, 0) is 31.0 Å². The van der Waals surface area contributed by atoms with Crippen molar-refractivity contribution in [3.63, 3.8) is 0 Å². The lowest BCUT2D eigenvalue weighted by Gasteiger charge is -2.26. The number of rotatable bonds is 8. The van der Waals surface area contributed by atoms with E-state index in [0.29, 0.717) is 11.3 Å². The van der Waals surface area contributed by atoms with Crippen molar-refractivity contribution in [2.24, 2.45) is 0 Å². The maximum atomic E-state index is 12.0. The van der Waals surface area contributed by atoms with E-state index in [1.807, 2.05) is 12.1 Å². The molecule has 0 spiro atoms. The average molecular weight is 291 g/mol. The number of nitrogens with two attached hydrogens (primary N) is 1. The molecular weight excluding hydrogens is 262 g/mol. The highest BCUT2D eigenvalue weighted by molar-refractivity contribution is 5.95. The molecule has 1 aromatic carbocycles. The normalized spacial score (nSPS) is 10.5. The van der Waals surface area contributed by atoms with Crippen molar-refractivity contribution in [1.82, 2.24) is 4.90 Å². The van der Waals surface area contributed by atoms with Crippen LogP contribution < -0.4 is 10.6 Å². The summed E-state index contributed by atoms with van der Waals surface area (Å²) in [5.74, 6) is -0.0121. The van der Waals surface area contributed by atoms with Crippen LogP contribution in [0.5, 0.6) is 0 Å². The Morgan fingerprint density at radius 1 is 1.10 bits per heavy atom. The van der Waals surface area contributed by atoms with Crippen LogP contribution in [0.4, 0.5) is 11.4 Å². The third kappa shape index (κ3) is 4.96. The summed E-state index contributed by atoms with van der Waals surface area (Å²) in [6.07, 6.45) is 4.64. The SMILES string of the molecule is CCCCN(CCCC)c1ccc(C(=O)N(C)C)cc1N. The van der Waals surface area contributed by atoms with E-state index in [2.05, 4.69) is 18.7 Å². The number of anilines is 2. The second-order valence-electron chi connectivity index (χ2n) is 5.67. The van der Waals surface area contributed by atoms with Gasteiger partial charge in [0.2, 0.25) is 0 Å². The van der Waals surface area contributed by atoms with E-state index in [0.717, 1.165) is 31.6 Å². The van der Waals surface area contributed by atoms with Crippen molar-refractivity contribution >= 4 is 17.3 Å². The van der Waals surface area contributed by atoms with E-state index >= 15 is 0 Å². The maximum absolute atomic E-state index is 12.0. The fourth-order valence-electron chi connectivity index (χ4n) is 2.28. The van der Waals surface area contributed by atoms with Gasteiger partial charge in [-0.3, -0.25) is 4.79 Å². The molecular formula is C17H29N3O. The van der Waals surface area contributed by atoms with Crippen LogP contribution in [0, 0.1) is 0 Å². The smallest absolute Gasteiger partial charge is 0.253 e. The minimum atomic E-state index is -0.0121. The standard InChI is InChI=1S/C17H29N3O/c1-5-7-11-20(12-8-6-2)16-10-9-14(13-15(16)18)17(21)19(3)4/h9-10,13H,5-8,11-12,18H2,1-4H3. The Morgan fingerprint density at radius 2 is 1.67 bits per heavy atom. The average Bonchev–Trinajstić information content (AvgIpc) is 2.47. The molecule has 21 heavy (non-hydrogen) atoms. The molecule has 1 aromatic rings. The highest BCUT2D eigenvalue weighted by Gasteiger charge is 2.13. The van der Waals surface area contributed by atoms with Gasteiger partial charge in [0.05, 0.1) is 11.4 Å². The Hall–Kier alpha value is -1.71. The van der Waals surface area contributed by atoms with E-state index in [9.17, 15) is 4.79 Å². The maximum Gasteiger partial charge on any atom is 0.253 e. The predicted molar refractivity (Wildman–Crippen MR) is 90.9 cm³/mol. The first-order valence-corrected chi connectivity index (χ1v) is 7.87. The van der Waals surface area contributed by atoms with Gasteiger partial charge in [-0.1, -0.05) is 26.7 Å². The molecule has 0 radical (unpaired) electrons. The summed E-state index contributed by atoms with van der Waals surface area (Å²) in [5, 5.41) is 0. The van der Waals surface area contributed by atoms with Gasteiger partial charge in [0, 0.05) is 32.7 Å². The number of nitrogen functional groups attached to an aromatic ring is 1. The number of hydrogen-bond donors (Lipinski definition) is 1. The minimum absolute atomic E-state index is 0.0121. The molecule has 0 bridgehead atoms. The fraction of sp³-hybridized carbons (Fsp3) is 0.588. The zero-order valence-corrected chi connectivity index (χ0v) is 13.9. The van der Waals surface area contributed by atoms with E-state index in [-0.39, 0.29) is 5.91 Å². The van der Waals surface area contributed by atoms with Crippen molar-refractivity contribution in [2.45, 2.75) is 39.5 Å². The Bertz CT molecular complexity index is 449. The van der Waals surface area contributed by atoms with Crippen LogP contribution >= 0.6 is 0 Å². The molecule has 0 aliphatic heterocycles. The van der Waals surface area contributed by atoms with Gasteiger partial charge in [0.15, 0.2) is 0 Å². The number of carbonyl (C=O) groups excluding carboxylic acids is 1. The third-order valence-corrected chi connectivity index (χ3v) is 3.58. The first kappa shape index (κ1) is 17.3. The largest absolute Gasteiger partial charge is 0.397 e. The zero-order valence-electron chi connectivity index (χ0n) is 13.9. The van der Waals surface area contributed by atoms with E-state index in [1.165, 1.54) is 12.8 Å². The molecule has 0 heterocycles. The van der Waals surface area contributed by atoms with E-state index < -0.39 is 0 Å². The molecule has 0 unspecified atom stereocenters. The van der Waals surface area contributed by atoms with Gasteiger partial charge in [-0.2, -0.15) is 0 Å². The van der Waals surface area contributed by atoms with Gasteiger partial charge < -0.3 is 15.5 Å². The lowest BCUT2D eigenvalue weighted by Crippen LogP contribution is -2.27. The second kappa shape index (κ2) is 8.55. The van der Waals surface area contributed by atoms with Crippen molar-refractivity contribution < 1.29 is 4.79 Å². The molecule has 0 fully saturated rings. The Kier molecular flexibility index (Phi) is 7.06. The molecule has 2 N–H and O–H groups in total. The molecule has 0 saturated heterocycles. The molecule has 0 aliphatic carbocycles. The lowest BCUT2D eigenvalue weighted by atomic mass is 10.1. The van der Waals surface area contributed by atoms with Crippen LogP contribution in [0.2, 0.25) is 0 Å². The molecule has 0 aliphatic rings. The van der Waals surface area contributed by atoms with Gasteiger partial charge in [-0.15, -0.1) is 0 Å². The summed E-state index contributed by atoms with van der Waals surface area (Å²) in [5.41, 5.74) is 8.57. The van der Waals surface area contributed by atoms with Gasteiger partial charge in [0.1, 0.15) is 0 Å². The monoisotopic (exact) mass is 291 g/mol. The molecule has 118 valence electrons. The number of nitrogens with zero attached hydrogens (tertiary/aromatic N) is 2. The van der Waals surface area contributed by atoms with Crippen molar-refractivity contribution in [1.29, 1.82) is 0 Å². The highest BCUT2D eigenvalue weighted by Crippen LogP contribution is 2.25. The molecule has 1 rings (SSSR count). The minimum Gasteiger partial charge on any atom is -0.397 e. The summed E-state index contributed by atoms with van der Waals surface area (Å²) < 4.78 is 0. The molecule has 0 saturated carbocycles. The van der Waals surface area contributed by atoms with Gasteiger partial charge in [-0.25, -0.2) is 0 Å². The summed E-state index contributed by atoms with van der Waals surface area (Å²) in [7, 11) is 3.50. The molecule has 4 heteroatoms. The lowest BCUT2D eigenvalue weighted by molar-refractivity contribution is 0.0827. The number of hydrogen-bond acceptors (Lipinski definition) is 3. The predicted octanol–water partition coefficient (Wildman–Crippen LogP) is 3.38. The van der Waals surface area contributed by atoms with E-state index in [1.54, 1.807) is 25.1 Å². The fourth-order valence-corrected chi connectivity index (χ4v) is 2.28. The van der Waals surface area contributed by atoms with Crippen molar-refractivity contribution in [2.75, 3.05) is 37.8 Å². The summed E-state index contributed by atoms with van der Waals surface area (Å²) >= 11 is 0. The van der Waals surface area contributed by atoms with Crippen LogP contribution in [0.1, 0.15) is 49.9 Å². The summed E-state index contributed by atoms with van der Waals surface area (Å²) in [6.45, 7) is 6.42. The van der Waals surface area contributed by atoms with Crippen LogP contribution in [0.15, 0.2) is 18.2 Å². The Morgan fingerprint density at radius 3 is 2.10 bits per heavy atom. The van der Waals surface area contributed by atoms with Crippen LogP contribution in [0.25, 0.3) is 0 Å². The first-order chi connectivity index (χ1) is 10.0. The number of amides is 1. The Balaban J connectivity index is 2.95. The van der Waals surface area contributed by atoms with E-state index in [4.69, 9.17) is 5.73 Å². The topological polar surface area (TPSA) is 49.6 Å². The molecule has 1 amide bonds. The third-order valence-electron chi connectivity index (χ3n) is 3.58. The Labute approximate surface area is 128 Å². The quantitative estimate of drug-likeness (QED) is 0.747. The van der Waals surface area contributed by atoms with Crippen LogP contribution in [-0.2, 0) is 0 Å². The summed E-state index contributed by atoms with van der Waals surface area (Å²) in [4.78, 5) is 15.9. The molecule has 4 nitrogen and oxygen atoms in total. The van der Waals surface area contributed by atoms with Crippen LogP contribution in [0.3, 0.4) is 0 Å².